The number of ether oxygens (including phenoxy) is 7. The second kappa shape index (κ2) is 18.2. The number of benzene rings is 2. The molecule has 0 atom stereocenters. The largest absolute Gasteiger partial charge is 0.488 e. The van der Waals surface area contributed by atoms with Gasteiger partial charge in [-0.1, -0.05) is 11.6 Å². The van der Waals surface area contributed by atoms with E-state index >= 15 is 0 Å². The van der Waals surface area contributed by atoms with Crippen LogP contribution in [0.3, 0.4) is 0 Å². The van der Waals surface area contributed by atoms with E-state index in [1.54, 1.807) is 36.4 Å². The molecule has 0 heterocycles. The summed E-state index contributed by atoms with van der Waals surface area (Å²) in [5.74, 6) is -1.31. The maximum absolute atomic E-state index is 12.3. The van der Waals surface area contributed by atoms with Crippen LogP contribution in [0.2, 0.25) is 5.02 Å². The number of nitrogens with zero attached hydrogens (tertiary/aromatic N) is 2. The first-order valence-electron chi connectivity index (χ1n) is 14.9. The average molecular weight is 696 g/mol. The van der Waals surface area contributed by atoms with Crippen molar-refractivity contribution in [1.82, 2.24) is 0 Å². The molecule has 14 nitrogen and oxygen atoms in total. The number of hydrogen-bond donors (Lipinski definition) is 1. The molecule has 0 radical (unpaired) electrons. The lowest BCUT2D eigenvalue weighted by Gasteiger charge is -2.33. The zero-order valence-corrected chi connectivity index (χ0v) is 29.5. The van der Waals surface area contributed by atoms with Crippen molar-refractivity contribution in [3.05, 3.63) is 41.4 Å². The lowest BCUT2D eigenvalue weighted by molar-refractivity contribution is -0.141. The first-order valence-corrected chi connectivity index (χ1v) is 15.3. The van der Waals surface area contributed by atoms with E-state index in [4.69, 9.17) is 50.5 Å². The highest BCUT2D eigenvalue weighted by molar-refractivity contribution is 6.31. The Morgan fingerprint density at radius 3 is 1.58 bits per heavy atom. The molecule has 0 aliphatic heterocycles. The minimum absolute atomic E-state index is 0.00962. The Hall–Kier alpha value is -4.43. The van der Waals surface area contributed by atoms with Crippen molar-refractivity contribution in [2.24, 2.45) is 5.73 Å². The van der Waals surface area contributed by atoms with E-state index in [-0.39, 0.29) is 45.1 Å². The molecular formula is C33H46ClN3O11. The van der Waals surface area contributed by atoms with Crippen molar-refractivity contribution in [3.63, 3.8) is 0 Å². The molecule has 48 heavy (non-hydrogen) atoms. The summed E-state index contributed by atoms with van der Waals surface area (Å²) in [5.41, 5.74) is 5.84. The predicted molar refractivity (Wildman–Crippen MR) is 179 cm³/mol. The van der Waals surface area contributed by atoms with E-state index in [1.165, 1.54) is 38.2 Å². The predicted octanol–water partition coefficient (Wildman–Crippen LogP) is 3.39. The minimum Gasteiger partial charge on any atom is -0.488 e. The summed E-state index contributed by atoms with van der Waals surface area (Å²) in [6.45, 7) is 6.53. The molecule has 15 heteroatoms. The zero-order valence-electron chi connectivity index (χ0n) is 28.8. The first-order chi connectivity index (χ1) is 22.5. The van der Waals surface area contributed by atoms with Crippen molar-refractivity contribution in [3.8, 4) is 17.2 Å². The molecule has 266 valence electrons. The molecule has 0 saturated heterocycles. The summed E-state index contributed by atoms with van der Waals surface area (Å²) in [6, 6.07) is 9.73. The molecule has 0 fully saturated rings. The first kappa shape index (κ1) is 39.7. The Labute approximate surface area is 286 Å². The van der Waals surface area contributed by atoms with Gasteiger partial charge in [-0.3, -0.25) is 19.2 Å². The Kier molecular flexibility index (Phi) is 15.1. The summed E-state index contributed by atoms with van der Waals surface area (Å²) in [7, 11) is 4.95. The number of hydrogen-bond acceptors (Lipinski definition) is 14. The van der Waals surface area contributed by atoms with Crippen LogP contribution >= 0.6 is 11.6 Å². The minimum atomic E-state index is -0.650. The molecule has 0 aliphatic carbocycles. The normalized spacial score (nSPS) is 11.2. The smallest absolute Gasteiger partial charge is 0.325 e. The van der Waals surface area contributed by atoms with Gasteiger partial charge in [-0.25, -0.2) is 0 Å². The Balaban J connectivity index is 2.41. The quantitative estimate of drug-likeness (QED) is 0.129. The van der Waals surface area contributed by atoms with Crippen LogP contribution in [-0.4, -0.2) is 103 Å². The number of carbonyl (C=O) groups is 4. The summed E-state index contributed by atoms with van der Waals surface area (Å²) in [4.78, 5) is 51.7. The molecule has 2 aromatic rings. The second-order valence-corrected chi connectivity index (χ2v) is 12.4. The fraction of sp³-hybridized carbons (Fsp3) is 0.515. The second-order valence-electron chi connectivity index (χ2n) is 12.0. The topological polar surface area (TPSA) is 165 Å². The van der Waals surface area contributed by atoms with E-state index < -0.39 is 35.0 Å². The molecule has 2 N–H and O–H groups in total. The molecule has 0 spiro atoms. The molecule has 0 aliphatic rings. The molecule has 0 unspecified atom stereocenters. The third-order valence-corrected chi connectivity index (χ3v) is 6.83. The molecule has 0 saturated carbocycles. The van der Waals surface area contributed by atoms with Gasteiger partial charge in [0.2, 0.25) is 0 Å². The summed E-state index contributed by atoms with van der Waals surface area (Å²) in [5, 5.41) is 0.340. The van der Waals surface area contributed by atoms with Crippen LogP contribution in [0.25, 0.3) is 0 Å². The number of halogens is 1. The van der Waals surface area contributed by atoms with E-state index in [1.807, 2.05) is 27.7 Å². The Morgan fingerprint density at radius 2 is 1.12 bits per heavy atom. The highest BCUT2D eigenvalue weighted by Crippen LogP contribution is 2.36. The van der Waals surface area contributed by atoms with Gasteiger partial charge in [0, 0.05) is 23.0 Å². The monoisotopic (exact) mass is 695 g/mol. The Bertz CT molecular complexity index is 1380. The van der Waals surface area contributed by atoms with Gasteiger partial charge in [-0.15, -0.1) is 0 Å². The SMILES string of the molecule is COC(=O)CN(CC(=O)OC)c1ccc(OC(C)(C)CC(C)(C)N)cc1OCCOc1ccc(Cl)cc1N(CC(=O)OC)CC(=O)OC. The van der Waals surface area contributed by atoms with Crippen molar-refractivity contribution in [1.29, 1.82) is 0 Å². The number of carbonyl (C=O) groups excluding carboxylic acids is 4. The fourth-order valence-corrected chi connectivity index (χ4v) is 5.05. The molecule has 2 rings (SSSR count). The number of methoxy groups -OCH3 is 4. The van der Waals surface area contributed by atoms with E-state index in [2.05, 4.69) is 0 Å². The van der Waals surface area contributed by atoms with Crippen LogP contribution in [0.5, 0.6) is 17.2 Å². The van der Waals surface area contributed by atoms with Crippen LogP contribution < -0.4 is 29.7 Å². The van der Waals surface area contributed by atoms with Gasteiger partial charge >= 0.3 is 23.9 Å². The zero-order chi connectivity index (χ0) is 36.1. The van der Waals surface area contributed by atoms with Gasteiger partial charge in [0.1, 0.15) is 62.2 Å². The van der Waals surface area contributed by atoms with Gasteiger partial charge in [-0.2, -0.15) is 0 Å². The molecule has 0 amide bonds. The number of esters is 4. The number of anilines is 2. The van der Waals surface area contributed by atoms with Crippen molar-refractivity contribution >= 4 is 46.9 Å². The van der Waals surface area contributed by atoms with Crippen LogP contribution in [0.4, 0.5) is 11.4 Å². The van der Waals surface area contributed by atoms with Gasteiger partial charge in [0.15, 0.2) is 0 Å². The Morgan fingerprint density at radius 1 is 0.667 bits per heavy atom. The van der Waals surface area contributed by atoms with Crippen molar-refractivity contribution in [2.75, 3.05) is 77.6 Å². The van der Waals surface area contributed by atoms with Crippen molar-refractivity contribution < 1.29 is 52.3 Å². The molecular weight excluding hydrogens is 650 g/mol. The molecule has 0 bridgehead atoms. The number of nitrogens with two attached hydrogens (primary N) is 1. The molecule has 2 aromatic carbocycles. The summed E-state index contributed by atoms with van der Waals surface area (Å²) < 4.78 is 37.7. The maximum Gasteiger partial charge on any atom is 0.325 e. The average Bonchev–Trinajstić information content (AvgIpc) is 3.01. The van der Waals surface area contributed by atoms with Crippen LogP contribution in [-0.2, 0) is 38.1 Å². The lowest BCUT2D eigenvalue weighted by atomic mass is 9.90. The number of rotatable bonds is 19. The third kappa shape index (κ3) is 13.4. The maximum atomic E-state index is 12.3. The molecule has 0 aromatic heterocycles. The standard InChI is InChI=1S/C33H46ClN3O11/c1-32(2,35)21-33(3,4)48-23-10-11-24(36(17-28(38)42-5)18-29(39)43-6)27(16-23)47-14-13-46-26-12-9-22(34)15-25(26)37(19-30(40)44-7)20-31(41)45-8/h9-12,15-16H,13-14,17-21,35H2,1-8H3. The van der Waals surface area contributed by atoms with Crippen LogP contribution in [0.15, 0.2) is 36.4 Å². The third-order valence-electron chi connectivity index (χ3n) is 6.60. The fourth-order valence-electron chi connectivity index (χ4n) is 4.88. The van der Waals surface area contributed by atoms with E-state index in [0.29, 0.717) is 34.3 Å². The van der Waals surface area contributed by atoms with Crippen LogP contribution in [0, 0.1) is 0 Å². The van der Waals surface area contributed by atoms with Gasteiger partial charge in [-0.05, 0) is 58.0 Å². The summed E-state index contributed by atoms with van der Waals surface area (Å²) >= 11 is 6.25. The van der Waals surface area contributed by atoms with Gasteiger partial charge < -0.3 is 48.7 Å². The van der Waals surface area contributed by atoms with Crippen molar-refractivity contribution in [2.45, 2.75) is 45.3 Å². The van der Waals surface area contributed by atoms with Gasteiger partial charge in [0.05, 0.1) is 39.8 Å². The van der Waals surface area contributed by atoms with Crippen LogP contribution in [0.1, 0.15) is 34.1 Å². The summed E-state index contributed by atoms with van der Waals surface area (Å²) in [6.07, 6.45) is 0.537. The lowest BCUT2D eigenvalue weighted by Crippen LogP contribution is -2.43. The highest BCUT2D eigenvalue weighted by atomic mass is 35.5. The van der Waals surface area contributed by atoms with E-state index in [0.717, 1.165) is 0 Å². The van der Waals surface area contributed by atoms with Gasteiger partial charge in [0.25, 0.3) is 0 Å². The van der Waals surface area contributed by atoms with E-state index in [9.17, 15) is 19.2 Å². The highest BCUT2D eigenvalue weighted by Gasteiger charge is 2.29.